The highest BCUT2D eigenvalue weighted by molar-refractivity contribution is 5.82. The quantitative estimate of drug-likeness (QED) is 0.755. The van der Waals surface area contributed by atoms with Crippen LogP contribution in [0.1, 0.15) is 5.56 Å². The fourth-order valence-electron chi connectivity index (χ4n) is 2.17. The minimum Gasteiger partial charge on any atom is -0.396 e. The van der Waals surface area contributed by atoms with Crippen LogP contribution in [0.15, 0.2) is 48.9 Å². The van der Waals surface area contributed by atoms with E-state index in [1.807, 2.05) is 30.3 Å². The Morgan fingerprint density at radius 2 is 2.14 bits per heavy atom. The molecule has 106 valence electrons. The summed E-state index contributed by atoms with van der Waals surface area (Å²) in [7, 11) is 0. The highest BCUT2D eigenvalue weighted by atomic mass is 16.2. The van der Waals surface area contributed by atoms with Gasteiger partial charge in [-0.3, -0.25) is 14.5 Å². The number of nitrogen functional groups attached to an aromatic ring is 1. The Kier molecular flexibility index (Phi) is 3.51. The maximum atomic E-state index is 11.9. The third kappa shape index (κ3) is 3.00. The van der Waals surface area contributed by atoms with Crippen molar-refractivity contribution in [3.8, 4) is 0 Å². The summed E-state index contributed by atoms with van der Waals surface area (Å²) in [6.45, 7) is 0.583. The van der Waals surface area contributed by atoms with E-state index in [0.717, 1.165) is 16.5 Å². The van der Waals surface area contributed by atoms with Crippen LogP contribution in [0.25, 0.3) is 10.9 Å². The first-order valence-corrected chi connectivity index (χ1v) is 6.59. The summed E-state index contributed by atoms with van der Waals surface area (Å²) in [4.78, 5) is 16.3. The van der Waals surface area contributed by atoms with E-state index in [0.29, 0.717) is 12.2 Å². The maximum absolute atomic E-state index is 11.9. The molecule has 0 saturated carbocycles. The lowest BCUT2D eigenvalue weighted by Gasteiger charge is -2.08. The third-order valence-corrected chi connectivity index (χ3v) is 3.15. The number of aromatic nitrogens is 3. The number of pyridine rings is 1. The van der Waals surface area contributed by atoms with E-state index in [9.17, 15) is 4.79 Å². The summed E-state index contributed by atoms with van der Waals surface area (Å²) in [6, 6.07) is 9.81. The molecule has 0 atom stereocenters. The summed E-state index contributed by atoms with van der Waals surface area (Å²) < 4.78 is 1.51. The number of fused-ring (bicyclic) bond motifs is 1. The Morgan fingerprint density at radius 3 is 2.95 bits per heavy atom. The maximum Gasteiger partial charge on any atom is 0.242 e. The van der Waals surface area contributed by atoms with Crippen molar-refractivity contribution in [1.82, 2.24) is 20.1 Å². The first-order valence-electron chi connectivity index (χ1n) is 6.59. The highest BCUT2D eigenvalue weighted by Crippen LogP contribution is 2.15. The Hall–Kier alpha value is -2.89. The van der Waals surface area contributed by atoms with Crippen molar-refractivity contribution < 1.29 is 4.79 Å². The van der Waals surface area contributed by atoms with E-state index in [2.05, 4.69) is 15.4 Å². The molecule has 0 aliphatic carbocycles. The molecule has 0 fully saturated rings. The third-order valence-electron chi connectivity index (χ3n) is 3.15. The number of amides is 1. The molecule has 0 aliphatic heterocycles. The first kappa shape index (κ1) is 13.1. The van der Waals surface area contributed by atoms with E-state index in [1.165, 1.54) is 10.9 Å². The summed E-state index contributed by atoms with van der Waals surface area (Å²) >= 11 is 0. The van der Waals surface area contributed by atoms with Crippen LogP contribution < -0.4 is 11.1 Å². The van der Waals surface area contributed by atoms with Gasteiger partial charge in [0.15, 0.2) is 0 Å². The van der Waals surface area contributed by atoms with Crippen LogP contribution in [0, 0.1) is 0 Å². The molecule has 1 aromatic carbocycles. The number of nitrogens with one attached hydrogen (secondary N) is 1. The number of hydrogen-bond donors (Lipinski definition) is 2. The van der Waals surface area contributed by atoms with E-state index >= 15 is 0 Å². The van der Waals surface area contributed by atoms with Crippen LogP contribution in [0.5, 0.6) is 0 Å². The lowest BCUT2D eigenvalue weighted by atomic mass is 10.1. The second kappa shape index (κ2) is 5.62. The molecule has 0 radical (unpaired) electrons. The zero-order valence-corrected chi connectivity index (χ0v) is 11.4. The second-order valence-electron chi connectivity index (χ2n) is 4.74. The number of carbonyl (C=O) groups is 1. The van der Waals surface area contributed by atoms with Crippen molar-refractivity contribution in [2.24, 2.45) is 0 Å². The topological polar surface area (TPSA) is 85.8 Å². The lowest BCUT2D eigenvalue weighted by Crippen LogP contribution is -2.27. The van der Waals surface area contributed by atoms with E-state index < -0.39 is 0 Å². The average Bonchev–Trinajstić information content (AvgIpc) is 2.90. The van der Waals surface area contributed by atoms with Gasteiger partial charge in [-0.2, -0.15) is 5.10 Å². The summed E-state index contributed by atoms with van der Waals surface area (Å²) in [5, 5.41) is 7.91. The number of rotatable bonds is 4. The molecule has 0 bridgehead atoms. The van der Waals surface area contributed by atoms with Crippen LogP contribution in [0.2, 0.25) is 0 Å². The molecule has 6 heteroatoms. The zero-order valence-electron chi connectivity index (χ0n) is 11.4. The Morgan fingerprint density at radius 1 is 1.29 bits per heavy atom. The fourth-order valence-corrected chi connectivity index (χ4v) is 2.17. The molecule has 0 spiro atoms. The fraction of sp³-hybridized carbons (Fsp3) is 0.133. The van der Waals surface area contributed by atoms with E-state index in [-0.39, 0.29) is 12.5 Å². The number of nitrogens with two attached hydrogens (primary N) is 1. The average molecular weight is 281 g/mol. The van der Waals surface area contributed by atoms with Gasteiger partial charge in [-0.1, -0.05) is 24.3 Å². The molecule has 3 rings (SSSR count). The van der Waals surface area contributed by atoms with Crippen LogP contribution in [-0.4, -0.2) is 20.7 Å². The van der Waals surface area contributed by atoms with Gasteiger partial charge >= 0.3 is 0 Å². The van der Waals surface area contributed by atoms with Crippen molar-refractivity contribution in [3.05, 3.63) is 54.5 Å². The number of hydrogen-bond acceptors (Lipinski definition) is 4. The van der Waals surface area contributed by atoms with Gasteiger partial charge in [0.25, 0.3) is 0 Å². The van der Waals surface area contributed by atoms with Gasteiger partial charge in [-0.15, -0.1) is 0 Å². The molecule has 3 N–H and O–H groups in total. The molecule has 2 aromatic heterocycles. The predicted octanol–water partition coefficient (Wildman–Crippen LogP) is 1.33. The predicted molar refractivity (Wildman–Crippen MR) is 80.2 cm³/mol. The van der Waals surface area contributed by atoms with Gasteiger partial charge in [-0.05, 0) is 11.6 Å². The van der Waals surface area contributed by atoms with Gasteiger partial charge in [0.05, 0.1) is 17.4 Å². The summed E-state index contributed by atoms with van der Waals surface area (Å²) in [5.41, 5.74) is 7.99. The van der Waals surface area contributed by atoms with Crippen molar-refractivity contribution in [2.75, 3.05) is 5.73 Å². The largest absolute Gasteiger partial charge is 0.396 e. The Bertz CT molecular complexity index is 775. The molecule has 1 amide bonds. The molecular weight excluding hydrogens is 266 g/mol. The van der Waals surface area contributed by atoms with E-state index in [1.54, 1.807) is 12.4 Å². The molecular formula is C15H15N5O. The molecule has 21 heavy (non-hydrogen) atoms. The zero-order chi connectivity index (χ0) is 14.7. The standard InChI is InChI=1S/C15H15N5O/c16-13-8-19-20(9-13)10-14(21)18-7-12-4-1-3-11-5-2-6-17-15(11)12/h1-6,8-9H,7,10,16H2,(H,18,21). The normalized spacial score (nSPS) is 10.7. The second-order valence-corrected chi connectivity index (χ2v) is 4.74. The minimum absolute atomic E-state index is 0.119. The molecule has 0 unspecified atom stereocenters. The first-order chi connectivity index (χ1) is 10.2. The number of para-hydroxylation sites is 1. The SMILES string of the molecule is Nc1cnn(CC(=O)NCc2cccc3cccnc23)c1. The van der Waals surface area contributed by atoms with Crippen LogP contribution in [-0.2, 0) is 17.9 Å². The minimum atomic E-state index is -0.119. The Labute approximate surface area is 121 Å². The number of nitrogens with zero attached hydrogens (tertiary/aromatic N) is 3. The van der Waals surface area contributed by atoms with Gasteiger partial charge in [0, 0.05) is 24.3 Å². The summed E-state index contributed by atoms with van der Waals surface area (Å²) in [5.74, 6) is -0.119. The van der Waals surface area contributed by atoms with Crippen LogP contribution in [0.4, 0.5) is 5.69 Å². The molecule has 2 heterocycles. The van der Waals surface area contributed by atoms with Gasteiger partial charge in [0.1, 0.15) is 6.54 Å². The van der Waals surface area contributed by atoms with Crippen molar-refractivity contribution in [1.29, 1.82) is 0 Å². The van der Waals surface area contributed by atoms with Crippen molar-refractivity contribution >= 4 is 22.5 Å². The van der Waals surface area contributed by atoms with Gasteiger partial charge in [-0.25, -0.2) is 0 Å². The Balaban J connectivity index is 1.67. The number of anilines is 1. The van der Waals surface area contributed by atoms with Crippen molar-refractivity contribution in [3.63, 3.8) is 0 Å². The van der Waals surface area contributed by atoms with Gasteiger partial charge < -0.3 is 11.1 Å². The lowest BCUT2D eigenvalue weighted by molar-refractivity contribution is -0.122. The molecule has 6 nitrogen and oxygen atoms in total. The summed E-state index contributed by atoms with van der Waals surface area (Å²) in [6.07, 6.45) is 4.89. The van der Waals surface area contributed by atoms with Crippen LogP contribution in [0.3, 0.4) is 0 Å². The number of carbonyl (C=O) groups excluding carboxylic acids is 1. The van der Waals surface area contributed by atoms with Crippen molar-refractivity contribution in [2.45, 2.75) is 13.1 Å². The van der Waals surface area contributed by atoms with Crippen LogP contribution >= 0.6 is 0 Å². The highest BCUT2D eigenvalue weighted by Gasteiger charge is 2.06. The molecule has 3 aromatic rings. The van der Waals surface area contributed by atoms with E-state index in [4.69, 9.17) is 5.73 Å². The monoisotopic (exact) mass is 281 g/mol. The molecule has 0 saturated heterocycles. The van der Waals surface area contributed by atoms with Gasteiger partial charge in [0.2, 0.25) is 5.91 Å². The molecule has 0 aliphatic rings. The smallest absolute Gasteiger partial charge is 0.242 e. The number of benzene rings is 1.